The second-order valence-electron chi connectivity index (χ2n) is 5.71. The number of halogens is 2. The molecular weight excluding hydrogens is 333 g/mol. The number of hydrogen-bond donors (Lipinski definition) is 2. The van der Waals surface area contributed by atoms with E-state index in [4.69, 9.17) is 23.2 Å². The summed E-state index contributed by atoms with van der Waals surface area (Å²) in [5, 5.41) is 15.2. The third-order valence-corrected chi connectivity index (χ3v) is 4.41. The number of phenols is 1. The number of aromatic hydroxyl groups is 1. The van der Waals surface area contributed by atoms with Gasteiger partial charge in [-0.3, -0.25) is 0 Å². The average molecular weight is 350 g/mol. The number of anilines is 1. The van der Waals surface area contributed by atoms with Crippen LogP contribution in [0.5, 0.6) is 5.75 Å². The van der Waals surface area contributed by atoms with Gasteiger partial charge in [0.15, 0.2) is 0 Å². The second-order valence-corrected chi connectivity index (χ2v) is 6.56. The predicted octanol–water partition coefficient (Wildman–Crippen LogP) is 4.20. The van der Waals surface area contributed by atoms with Crippen molar-refractivity contribution in [2.75, 3.05) is 19.0 Å². The number of nitrogens with zero attached hydrogens (tertiary/aromatic N) is 2. The fraction of sp³-hybridized carbons (Fsp3) is 0.235. The van der Waals surface area contributed by atoms with Gasteiger partial charge in [0.1, 0.15) is 5.75 Å². The number of hydrazone groups is 1. The first-order valence-electron chi connectivity index (χ1n) is 7.23. The summed E-state index contributed by atoms with van der Waals surface area (Å²) < 4.78 is 0. The molecule has 0 saturated carbocycles. The molecule has 3 rings (SSSR count). The Balaban J connectivity index is 1.80. The fourth-order valence-electron chi connectivity index (χ4n) is 2.59. The molecule has 1 aliphatic rings. The van der Waals surface area contributed by atoms with Crippen molar-refractivity contribution < 1.29 is 5.11 Å². The van der Waals surface area contributed by atoms with E-state index in [0.29, 0.717) is 17.0 Å². The molecule has 1 heterocycles. The lowest BCUT2D eigenvalue weighted by Crippen LogP contribution is -2.11. The first-order chi connectivity index (χ1) is 11.0. The van der Waals surface area contributed by atoms with Crippen LogP contribution in [0.1, 0.15) is 23.6 Å². The van der Waals surface area contributed by atoms with Crippen LogP contribution in [0.4, 0.5) is 5.69 Å². The highest BCUT2D eigenvalue weighted by molar-refractivity contribution is 6.36. The quantitative estimate of drug-likeness (QED) is 0.872. The summed E-state index contributed by atoms with van der Waals surface area (Å²) in [7, 11) is 4.02. The minimum atomic E-state index is 0.0141. The van der Waals surface area contributed by atoms with Crippen LogP contribution in [0.15, 0.2) is 41.5 Å². The van der Waals surface area contributed by atoms with Crippen molar-refractivity contribution in [3.05, 3.63) is 57.6 Å². The van der Waals surface area contributed by atoms with Gasteiger partial charge in [-0.15, -0.1) is 0 Å². The van der Waals surface area contributed by atoms with Crippen LogP contribution in [0, 0.1) is 0 Å². The normalized spacial score (nSPS) is 16.9. The van der Waals surface area contributed by atoms with E-state index in [-0.39, 0.29) is 16.8 Å². The Hall–Kier alpha value is -1.91. The number of hydrogen-bond acceptors (Lipinski definition) is 4. The summed E-state index contributed by atoms with van der Waals surface area (Å²) in [6.07, 6.45) is 0.658. The molecule has 1 atom stereocenters. The molecule has 2 aromatic carbocycles. The number of phenolic OH excluding ortho intramolecular Hbond substituents is 1. The van der Waals surface area contributed by atoms with Crippen LogP contribution in [0.3, 0.4) is 0 Å². The van der Waals surface area contributed by atoms with Crippen LogP contribution in [-0.2, 0) is 0 Å². The summed E-state index contributed by atoms with van der Waals surface area (Å²) in [4.78, 5) is 2.06. The van der Waals surface area contributed by atoms with E-state index < -0.39 is 0 Å². The van der Waals surface area contributed by atoms with E-state index in [9.17, 15) is 5.11 Å². The van der Waals surface area contributed by atoms with Gasteiger partial charge >= 0.3 is 0 Å². The maximum Gasteiger partial charge on any atom is 0.143 e. The fourth-order valence-corrected chi connectivity index (χ4v) is 3.09. The van der Waals surface area contributed by atoms with Crippen LogP contribution in [-0.4, -0.2) is 24.9 Å². The Labute approximate surface area is 145 Å². The molecule has 23 heavy (non-hydrogen) atoms. The molecule has 0 bridgehead atoms. The smallest absolute Gasteiger partial charge is 0.143 e. The van der Waals surface area contributed by atoms with Crippen molar-refractivity contribution in [3.63, 3.8) is 0 Å². The standard InChI is InChI=1S/C17H17Cl2N3O/c1-22(2)12-5-3-10(4-6-12)15-9-16(21-20-15)13-7-11(18)8-14(19)17(13)23/h3-8,15,20,23H,9H2,1-2H3. The Morgan fingerprint density at radius 1 is 1.17 bits per heavy atom. The molecule has 0 spiro atoms. The van der Waals surface area contributed by atoms with Crippen molar-refractivity contribution in [3.8, 4) is 5.75 Å². The van der Waals surface area contributed by atoms with E-state index in [1.54, 1.807) is 6.07 Å². The highest BCUT2D eigenvalue weighted by Crippen LogP contribution is 2.35. The Bertz CT molecular complexity index is 757. The van der Waals surface area contributed by atoms with Crippen molar-refractivity contribution in [2.24, 2.45) is 5.10 Å². The maximum atomic E-state index is 10.1. The summed E-state index contributed by atoms with van der Waals surface area (Å²) >= 11 is 12.0. The Morgan fingerprint density at radius 2 is 1.87 bits per heavy atom. The van der Waals surface area contributed by atoms with Gasteiger partial charge in [0.25, 0.3) is 0 Å². The average Bonchev–Trinajstić information content (AvgIpc) is 3.00. The molecule has 0 aromatic heterocycles. The zero-order valence-electron chi connectivity index (χ0n) is 12.8. The lowest BCUT2D eigenvalue weighted by Gasteiger charge is -2.15. The Morgan fingerprint density at radius 3 is 2.52 bits per heavy atom. The molecule has 6 heteroatoms. The van der Waals surface area contributed by atoms with Gasteiger partial charge in [-0.05, 0) is 29.8 Å². The molecule has 2 aromatic rings. The minimum Gasteiger partial charge on any atom is -0.506 e. The molecule has 1 unspecified atom stereocenters. The predicted molar refractivity (Wildman–Crippen MR) is 95.9 cm³/mol. The van der Waals surface area contributed by atoms with Gasteiger partial charge in [-0.1, -0.05) is 35.3 Å². The van der Waals surface area contributed by atoms with Gasteiger partial charge in [0, 0.05) is 36.8 Å². The van der Waals surface area contributed by atoms with Crippen LogP contribution in [0.25, 0.3) is 0 Å². The monoisotopic (exact) mass is 349 g/mol. The number of nitrogens with one attached hydrogen (secondary N) is 1. The summed E-state index contributed by atoms with van der Waals surface area (Å²) in [6.45, 7) is 0. The van der Waals surface area contributed by atoms with E-state index in [1.807, 2.05) is 14.1 Å². The number of rotatable bonds is 3. The second kappa shape index (κ2) is 6.30. The van der Waals surface area contributed by atoms with Crippen LogP contribution >= 0.6 is 23.2 Å². The van der Waals surface area contributed by atoms with E-state index >= 15 is 0 Å². The lowest BCUT2D eigenvalue weighted by molar-refractivity contribution is 0.474. The maximum absolute atomic E-state index is 10.1. The van der Waals surface area contributed by atoms with Crippen LogP contribution < -0.4 is 10.3 Å². The largest absolute Gasteiger partial charge is 0.506 e. The summed E-state index contributed by atoms with van der Waals surface area (Å²) in [6, 6.07) is 11.6. The summed E-state index contributed by atoms with van der Waals surface area (Å²) in [5.74, 6) is 0.0141. The van der Waals surface area contributed by atoms with Crippen molar-refractivity contribution >= 4 is 34.6 Å². The van der Waals surface area contributed by atoms with Crippen molar-refractivity contribution in [1.29, 1.82) is 0 Å². The molecule has 0 fully saturated rings. The third-order valence-electron chi connectivity index (χ3n) is 3.90. The molecule has 0 saturated heterocycles. The Kier molecular flexibility index (Phi) is 4.37. The highest BCUT2D eigenvalue weighted by Gasteiger charge is 2.24. The van der Waals surface area contributed by atoms with Gasteiger partial charge in [0.05, 0.1) is 16.8 Å². The molecular formula is C17H17Cl2N3O. The first-order valence-corrected chi connectivity index (χ1v) is 7.99. The van der Waals surface area contributed by atoms with Gasteiger partial charge in [-0.2, -0.15) is 5.10 Å². The van der Waals surface area contributed by atoms with Gasteiger partial charge in [0.2, 0.25) is 0 Å². The zero-order valence-corrected chi connectivity index (χ0v) is 14.4. The highest BCUT2D eigenvalue weighted by atomic mass is 35.5. The van der Waals surface area contributed by atoms with E-state index in [2.05, 4.69) is 39.7 Å². The molecule has 0 aliphatic carbocycles. The van der Waals surface area contributed by atoms with E-state index in [1.165, 1.54) is 6.07 Å². The summed E-state index contributed by atoms with van der Waals surface area (Å²) in [5.41, 5.74) is 6.72. The van der Waals surface area contributed by atoms with Crippen LogP contribution in [0.2, 0.25) is 10.0 Å². The molecule has 0 radical (unpaired) electrons. The zero-order chi connectivity index (χ0) is 16.6. The van der Waals surface area contributed by atoms with Gasteiger partial charge in [-0.25, -0.2) is 0 Å². The molecule has 4 nitrogen and oxygen atoms in total. The third kappa shape index (κ3) is 3.23. The molecule has 120 valence electrons. The SMILES string of the molecule is CN(C)c1ccc(C2CC(c3cc(Cl)cc(Cl)c3O)=NN2)cc1. The minimum absolute atomic E-state index is 0.0141. The van der Waals surface area contributed by atoms with Gasteiger partial charge < -0.3 is 15.4 Å². The topological polar surface area (TPSA) is 47.9 Å². The van der Waals surface area contributed by atoms with Crippen molar-refractivity contribution in [2.45, 2.75) is 12.5 Å². The number of benzene rings is 2. The van der Waals surface area contributed by atoms with E-state index in [0.717, 1.165) is 17.0 Å². The molecule has 0 amide bonds. The first kappa shape index (κ1) is 16.0. The lowest BCUT2D eigenvalue weighted by atomic mass is 9.98. The molecule has 2 N–H and O–H groups in total. The molecule has 1 aliphatic heterocycles. The van der Waals surface area contributed by atoms with Crippen molar-refractivity contribution in [1.82, 2.24) is 5.43 Å².